The summed E-state index contributed by atoms with van der Waals surface area (Å²) in [7, 11) is 0. The topological polar surface area (TPSA) is 78.9 Å². The molecule has 0 saturated carbocycles. The summed E-state index contributed by atoms with van der Waals surface area (Å²) >= 11 is 0. The first kappa shape index (κ1) is 58.4. The van der Waals surface area contributed by atoms with E-state index in [0.717, 1.165) is 64.2 Å². The SMILES string of the molecule is CCCCCCCCCCCCCCCCCCCCCCCCC(=O)OCC(COC(=O)CCCCCCC)OC(=O)CCCCCCCCCCCCCCCCC. The maximum Gasteiger partial charge on any atom is 0.306 e. The van der Waals surface area contributed by atoms with Crippen LogP contribution in [0.5, 0.6) is 0 Å². The zero-order valence-corrected chi connectivity index (χ0v) is 40.8. The molecule has 0 bridgehead atoms. The molecule has 6 heteroatoms. The Balaban J connectivity index is 4.03. The normalized spacial score (nSPS) is 11.8. The van der Waals surface area contributed by atoms with Crippen LogP contribution < -0.4 is 0 Å². The number of carbonyl (C=O) groups excluding carboxylic acids is 3. The van der Waals surface area contributed by atoms with Crippen LogP contribution >= 0.6 is 0 Å². The van der Waals surface area contributed by atoms with Gasteiger partial charge in [0.2, 0.25) is 0 Å². The van der Waals surface area contributed by atoms with Crippen molar-refractivity contribution in [3.63, 3.8) is 0 Å². The number of rotatable bonds is 50. The Morgan fingerprint density at radius 3 is 0.667 bits per heavy atom. The Morgan fingerprint density at radius 1 is 0.267 bits per heavy atom. The first-order chi connectivity index (χ1) is 29.5. The molecule has 0 rings (SSSR count). The van der Waals surface area contributed by atoms with Gasteiger partial charge >= 0.3 is 17.9 Å². The maximum absolute atomic E-state index is 12.7. The highest BCUT2D eigenvalue weighted by Gasteiger charge is 2.19. The van der Waals surface area contributed by atoms with Crippen molar-refractivity contribution in [2.24, 2.45) is 0 Å². The third kappa shape index (κ3) is 47.5. The van der Waals surface area contributed by atoms with E-state index in [1.54, 1.807) is 0 Å². The van der Waals surface area contributed by atoms with E-state index in [2.05, 4.69) is 20.8 Å². The van der Waals surface area contributed by atoms with Gasteiger partial charge in [0, 0.05) is 19.3 Å². The molecule has 0 radical (unpaired) electrons. The van der Waals surface area contributed by atoms with Gasteiger partial charge in [-0.2, -0.15) is 0 Å². The molecular weight excluding hydrogens is 745 g/mol. The number of carbonyl (C=O) groups is 3. The zero-order valence-electron chi connectivity index (χ0n) is 40.8. The van der Waals surface area contributed by atoms with E-state index in [1.807, 2.05) is 0 Å². The Hall–Kier alpha value is -1.59. The third-order valence-corrected chi connectivity index (χ3v) is 12.4. The summed E-state index contributed by atoms with van der Waals surface area (Å²) in [5, 5.41) is 0. The number of unbranched alkanes of at least 4 members (excludes halogenated alkanes) is 39. The molecule has 6 nitrogen and oxygen atoms in total. The van der Waals surface area contributed by atoms with Gasteiger partial charge in [0.1, 0.15) is 13.2 Å². The standard InChI is InChI=1S/C54H104O6/c1-4-7-10-13-15-17-19-21-23-24-25-26-27-28-29-31-32-34-36-38-41-44-47-53(56)59-50-51(49-58-52(55)46-43-40-12-9-6-3)60-54(57)48-45-42-39-37-35-33-30-22-20-18-16-14-11-8-5-2/h51H,4-50H2,1-3H3. The number of esters is 3. The molecule has 0 spiro atoms. The van der Waals surface area contributed by atoms with Crippen molar-refractivity contribution in [3.8, 4) is 0 Å². The van der Waals surface area contributed by atoms with Gasteiger partial charge in [0.15, 0.2) is 6.10 Å². The van der Waals surface area contributed by atoms with Gasteiger partial charge < -0.3 is 14.2 Å². The minimum absolute atomic E-state index is 0.0630. The van der Waals surface area contributed by atoms with Crippen LogP contribution in [0.15, 0.2) is 0 Å². The van der Waals surface area contributed by atoms with E-state index in [0.29, 0.717) is 19.3 Å². The highest BCUT2D eigenvalue weighted by Crippen LogP contribution is 2.17. The molecule has 0 amide bonds. The van der Waals surface area contributed by atoms with Crippen molar-refractivity contribution in [2.45, 2.75) is 316 Å². The van der Waals surface area contributed by atoms with Gasteiger partial charge in [0.05, 0.1) is 0 Å². The van der Waals surface area contributed by atoms with Crippen molar-refractivity contribution < 1.29 is 28.6 Å². The van der Waals surface area contributed by atoms with Gasteiger partial charge in [-0.05, 0) is 19.3 Å². The number of hydrogen-bond donors (Lipinski definition) is 0. The summed E-state index contributed by atoms with van der Waals surface area (Å²) in [4.78, 5) is 37.7. The lowest BCUT2D eigenvalue weighted by Gasteiger charge is -2.18. The fourth-order valence-corrected chi connectivity index (χ4v) is 8.27. The largest absolute Gasteiger partial charge is 0.462 e. The molecule has 356 valence electrons. The summed E-state index contributed by atoms with van der Waals surface area (Å²) in [6.45, 7) is 6.61. The van der Waals surface area contributed by atoms with E-state index in [9.17, 15) is 14.4 Å². The number of hydrogen-bond acceptors (Lipinski definition) is 6. The van der Waals surface area contributed by atoms with Crippen LogP contribution in [0.4, 0.5) is 0 Å². The van der Waals surface area contributed by atoms with Gasteiger partial charge in [-0.15, -0.1) is 0 Å². The van der Waals surface area contributed by atoms with Crippen molar-refractivity contribution in [3.05, 3.63) is 0 Å². The summed E-state index contributed by atoms with van der Waals surface area (Å²) in [6.07, 6.45) is 54.2. The molecule has 0 aliphatic carbocycles. The van der Waals surface area contributed by atoms with E-state index in [4.69, 9.17) is 14.2 Å². The molecule has 0 aliphatic heterocycles. The van der Waals surface area contributed by atoms with Crippen LogP contribution in [0.3, 0.4) is 0 Å². The summed E-state index contributed by atoms with van der Waals surface area (Å²) < 4.78 is 16.7. The van der Waals surface area contributed by atoms with Crippen molar-refractivity contribution in [1.29, 1.82) is 0 Å². The predicted molar refractivity (Wildman–Crippen MR) is 257 cm³/mol. The van der Waals surface area contributed by atoms with Crippen molar-refractivity contribution in [2.75, 3.05) is 13.2 Å². The zero-order chi connectivity index (χ0) is 43.7. The molecule has 1 unspecified atom stereocenters. The minimum Gasteiger partial charge on any atom is -0.462 e. The molecule has 0 heterocycles. The quantitative estimate of drug-likeness (QED) is 0.0345. The highest BCUT2D eigenvalue weighted by molar-refractivity contribution is 5.71. The molecular formula is C54H104O6. The van der Waals surface area contributed by atoms with Crippen LogP contribution in [-0.2, 0) is 28.6 Å². The fourth-order valence-electron chi connectivity index (χ4n) is 8.27. The van der Waals surface area contributed by atoms with Crippen LogP contribution in [0, 0.1) is 0 Å². The molecule has 0 N–H and O–H groups in total. The van der Waals surface area contributed by atoms with Gasteiger partial charge in [-0.25, -0.2) is 0 Å². The Labute approximate surface area is 374 Å². The maximum atomic E-state index is 12.7. The average Bonchev–Trinajstić information content (AvgIpc) is 3.24. The van der Waals surface area contributed by atoms with Crippen LogP contribution in [0.25, 0.3) is 0 Å². The monoisotopic (exact) mass is 849 g/mol. The summed E-state index contributed by atoms with van der Waals surface area (Å²) in [6, 6.07) is 0. The second-order valence-electron chi connectivity index (χ2n) is 18.5. The summed E-state index contributed by atoms with van der Waals surface area (Å²) in [5.74, 6) is -0.856. The molecule has 0 aromatic heterocycles. The summed E-state index contributed by atoms with van der Waals surface area (Å²) in [5.41, 5.74) is 0. The van der Waals surface area contributed by atoms with Crippen LogP contribution in [0.2, 0.25) is 0 Å². The molecule has 0 saturated heterocycles. The van der Waals surface area contributed by atoms with Crippen LogP contribution in [0.1, 0.15) is 310 Å². The second-order valence-corrected chi connectivity index (χ2v) is 18.5. The first-order valence-electron chi connectivity index (χ1n) is 27.0. The van der Waals surface area contributed by atoms with E-state index in [-0.39, 0.29) is 31.1 Å². The average molecular weight is 849 g/mol. The Bertz CT molecular complexity index is 889. The molecule has 0 fully saturated rings. The molecule has 0 aromatic carbocycles. The second kappa shape index (κ2) is 50.1. The van der Waals surface area contributed by atoms with Crippen LogP contribution in [-0.4, -0.2) is 37.2 Å². The van der Waals surface area contributed by atoms with E-state index < -0.39 is 6.10 Å². The molecule has 0 aromatic rings. The lowest BCUT2D eigenvalue weighted by atomic mass is 10.0. The van der Waals surface area contributed by atoms with Crippen molar-refractivity contribution in [1.82, 2.24) is 0 Å². The number of ether oxygens (including phenoxy) is 3. The van der Waals surface area contributed by atoms with E-state index in [1.165, 1.54) is 205 Å². The van der Waals surface area contributed by atoms with Gasteiger partial charge in [-0.1, -0.05) is 271 Å². The third-order valence-electron chi connectivity index (χ3n) is 12.4. The lowest BCUT2D eigenvalue weighted by molar-refractivity contribution is -0.167. The fraction of sp³-hybridized carbons (Fsp3) is 0.944. The smallest absolute Gasteiger partial charge is 0.306 e. The Kier molecular flexibility index (Phi) is 48.7. The Morgan fingerprint density at radius 2 is 0.450 bits per heavy atom. The highest BCUT2D eigenvalue weighted by atomic mass is 16.6. The molecule has 0 aliphatic rings. The first-order valence-corrected chi connectivity index (χ1v) is 27.0. The van der Waals surface area contributed by atoms with E-state index >= 15 is 0 Å². The van der Waals surface area contributed by atoms with Gasteiger partial charge in [-0.3, -0.25) is 14.4 Å². The molecule has 1 atom stereocenters. The molecule has 60 heavy (non-hydrogen) atoms. The predicted octanol–water partition coefficient (Wildman–Crippen LogP) is 17.6. The lowest BCUT2D eigenvalue weighted by Crippen LogP contribution is -2.30. The van der Waals surface area contributed by atoms with Gasteiger partial charge in [0.25, 0.3) is 0 Å². The van der Waals surface area contributed by atoms with Crippen molar-refractivity contribution >= 4 is 17.9 Å². The minimum atomic E-state index is -0.758.